The van der Waals surface area contributed by atoms with Crippen molar-refractivity contribution < 1.29 is 0 Å². The van der Waals surface area contributed by atoms with E-state index in [1.807, 2.05) is 0 Å². The maximum Gasteiger partial charge on any atom is 0.332 e. The molecule has 0 radical (unpaired) electrons. The van der Waals surface area contributed by atoms with Crippen LogP contribution >= 0.6 is 0 Å². The largest absolute Gasteiger partial charge is 0.332 e. The van der Waals surface area contributed by atoms with Gasteiger partial charge >= 0.3 is 5.69 Å². The summed E-state index contributed by atoms with van der Waals surface area (Å²) in [5.74, 6) is 0.921. The van der Waals surface area contributed by atoms with Crippen LogP contribution in [0.15, 0.2) is 9.59 Å². The molecule has 156 valence electrons. The summed E-state index contributed by atoms with van der Waals surface area (Å²) in [5, 5.41) is 0. The molecule has 28 heavy (non-hydrogen) atoms. The van der Waals surface area contributed by atoms with Crippen LogP contribution in [0.2, 0.25) is 0 Å². The zero-order chi connectivity index (χ0) is 20.3. The Kier molecular flexibility index (Phi) is 6.75. The van der Waals surface area contributed by atoms with Gasteiger partial charge in [0.2, 0.25) is 0 Å². The lowest BCUT2D eigenvalue weighted by Gasteiger charge is -2.34. The van der Waals surface area contributed by atoms with Gasteiger partial charge in [0, 0.05) is 26.7 Å². The molecule has 0 aliphatic carbocycles. The Bertz CT molecular complexity index is 923. The van der Waals surface area contributed by atoms with Crippen molar-refractivity contribution in [2.45, 2.75) is 84.3 Å². The van der Waals surface area contributed by atoms with Gasteiger partial charge in [0.1, 0.15) is 5.82 Å². The van der Waals surface area contributed by atoms with Gasteiger partial charge in [-0.15, -0.1) is 0 Å². The minimum absolute atomic E-state index is 0.238. The van der Waals surface area contributed by atoms with E-state index in [1.54, 1.807) is 14.1 Å². The van der Waals surface area contributed by atoms with Crippen LogP contribution in [0.1, 0.15) is 71.0 Å². The minimum atomic E-state index is -0.316. The average Bonchev–Trinajstić information content (AvgIpc) is 3.06. The molecule has 7 nitrogen and oxygen atoms in total. The zero-order valence-electron chi connectivity index (χ0n) is 17.9. The fraction of sp³-hybridized carbons (Fsp3) is 0.762. The Morgan fingerprint density at radius 3 is 2.54 bits per heavy atom. The summed E-state index contributed by atoms with van der Waals surface area (Å²) in [6.45, 7) is 7.05. The fourth-order valence-electron chi connectivity index (χ4n) is 4.46. The van der Waals surface area contributed by atoms with Gasteiger partial charge in [0.15, 0.2) is 11.2 Å². The molecular weight excluding hydrogens is 354 g/mol. The van der Waals surface area contributed by atoms with Crippen molar-refractivity contribution in [2.75, 3.05) is 6.54 Å². The Labute approximate surface area is 167 Å². The van der Waals surface area contributed by atoms with E-state index >= 15 is 0 Å². The molecule has 2 aromatic heterocycles. The summed E-state index contributed by atoms with van der Waals surface area (Å²) < 4.78 is 4.80. The second-order valence-corrected chi connectivity index (χ2v) is 8.15. The molecule has 7 heteroatoms. The van der Waals surface area contributed by atoms with Crippen LogP contribution in [0.5, 0.6) is 0 Å². The highest BCUT2D eigenvalue weighted by molar-refractivity contribution is 5.71. The lowest BCUT2D eigenvalue weighted by atomic mass is 10.00. The van der Waals surface area contributed by atoms with Gasteiger partial charge in [-0.05, 0) is 32.2 Å². The summed E-state index contributed by atoms with van der Waals surface area (Å²) in [4.78, 5) is 32.6. The van der Waals surface area contributed by atoms with Crippen LogP contribution in [0.25, 0.3) is 11.2 Å². The van der Waals surface area contributed by atoms with Gasteiger partial charge in [-0.3, -0.25) is 18.8 Å². The Morgan fingerprint density at radius 2 is 1.82 bits per heavy atom. The molecule has 0 N–H and O–H groups in total. The van der Waals surface area contributed by atoms with Crippen LogP contribution in [0, 0.1) is 0 Å². The van der Waals surface area contributed by atoms with Gasteiger partial charge in [-0.25, -0.2) is 9.78 Å². The van der Waals surface area contributed by atoms with Crippen molar-refractivity contribution in [3.63, 3.8) is 0 Å². The Morgan fingerprint density at radius 1 is 1.04 bits per heavy atom. The first-order chi connectivity index (χ1) is 13.5. The summed E-state index contributed by atoms with van der Waals surface area (Å²) >= 11 is 0. The standard InChI is InChI=1S/C21H35N5O2/c1-5-7-8-10-14-26-17(15-25-13-11-9-12-16(25)6-2)22-19-18(26)20(27)24(4)21(28)23(19)3/h16H,5-15H2,1-4H3/t16-/m0/s1. The summed E-state index contributed by atoms with van der Waals surface area (Å²) in [7, 11) is 3.26. The van der Waals surface area contributed by atoms with Crippen molar-refractivity contribution in [2.24, 2.45) is 14.1 Å². The van der Waals surface area contributed by atoms with E-state index in [-0.39, 0.29) is 11.2 Å². The summed E-state index contributed by atoms with van der Waals surface area (Å²) in [5.41, 5.74) is 0.534. The molecule has 0 bridgehead atoms. The van der Waals surface area contributed by atoms with E-state index in [2.05, 4.69) is 23.3 Å². The number of rotatable bonds is 8. The lowest BCUT2D eigenvalue weighted by molar-refractivity contribution is 0.131. The van der Waals surface area contributed by atoms with Crippen molar-refractivity contribution >= 4 is 11.2 Å². The highest BCUT2D eigenvalue weighted by Crippen LogP contribution is 2.23. The monoisotopic (exact) mass is 389 g/mol. The molecule has 0 aromatic carbocycles. The summed E-state index contributed by atoms with van der Waals surface area (Å²) in [6.07, 6.45) is 9.41. The van der Waals surface area contributed by atoms with Crippen LogP contribution in [-0.2, 0) is 27.2 Å². The van der Waals surface area contributed by atoms with Crippen LogP contribution in [-0.4, -0.2) is 36.2 Å². The number of unbranched alkanes of at least 4 members (excludes halogenated alkanes) is 3. The van der Waals surface area contributed by atoms with Crippen molar-refractivity contribution in [3.8, 4) is 0 Å². The fourth-order valence-corrected chi connectivity index (χ4v) is 4.46. The normalized spacial score (nSPS) is 18.2. The maximum atomic E-state index is 12.9. The number of piperidine rings is 1. The smallest absolute Gasteiger partial charge is 0.321 e. The van der Waals surface area contributed by atoms with Gasteiger partial charge in [0.05, 0.1) is 6.54 Å². The third-order valence-corrected chi connectivity index (χ3v) is 6.23. The van der Waals surface area contributed by atoms with Crippen LogP contribution in [0.3, 0.4) is 0 Å². The third kappa shape index (κ3) is 3.95. The zero-order valence-corrected chi connectivity index (χ0v) is 17.9. The number of fused-ring (bicyclic) bond motifs is 1. The van der Waals surface area contributed by atoms with E-state index in [1.165, 1.54) is 41.2 Å². The first-order valence-electron chi connectivity index (χ1n) is 10.9. The molecule has 0 unspecified atom stereocenters. The highest BCUT2D eigenvalue weighted by atomic mass is 16.2. The molecule has 3 heterocycles. The molecule has 1 aliphatic heterocycles. The molecular formula is C21H35N5O2. The van der Waals surface area contributed by atoms with Gasteiger partial charge in [0.25, 0.3) is 5.56 Å². The van der Waals surface area contributed by atoms with Crippen molar-refractivity contribution in [1.29, 1.82) is 0 Å². The molecule has 0 amide bonds. The summed E-state index contributed by atoms with van der Waals surface area (Å²) in [6, 6.07) is 0.578. The minimum Gasteiger partial charge on any atom is -0.321 e. The number of likely N-dealkylation sites (tertiary alicyclic amines) is 1. The number of aromatic nitrogens is 4. The topological polar surface area (TPSA) is 65.1 Å². The predicted octanol–water partition coefficient (Wildman–Crippen LogP) is 2.78. The first kappa shape index (κ1) is 20.8. The molecule has 1 saturated heterocycles. The van der Waals surface area contributed by atoms with Crippen molar-refractivity contribution in [3.05, 3.63) is 26.7 Å². The molecule has 0 saturated carbocycles. The van der Waals surface area contributed by atoms with E-state index in [9.17, 15) is 9.59 Å². The second-order valence-electron chi connectivity index (χ2n) is 8.15. The number of imidazole rings is 1. The highest BCUT2D eigenvalue weighted by Gasteiger charge is 2.25. The van der Waals surface area contributed by atoms with E-state index in [0.29, 0.717) is 17.2 Å². The number of nitrogens with zero attached hydrogens (tertiary/aromatic N) is 5. The van der Waals surface area contributed by atoms with Crippen LogP contribution < -0.4 is 11.2 Å². The Hall–Kier alpha value is -1.89. The molecule has 0 spiro atoms. The quantitative estimate of drug-likeness (QED) is 0.651. The molecule has 1 aliphatic rings. The third-order valence-electron chi connectivity index (χ3n) is 6.23. The molecule has 1 atom stereocenters. The van der Waals surface area contributed by atoms with Gasteiger partial charge in [-0.2, -0.15) is 0 Å². The molecule has 1 fully saturated rings. The SMILES string of the molecule is CCCCCCn1c(CN2CCCC[C@@H]2CC)nc2c1c(=O)n(C)c(=O)n2C. The van der Waals surface area contributed by atoms with E-state index < -0.39 is 0 Å². The number of hydrogen-bond acceptors (Lipinski definition) is 4. The number of hydrogen-bond donors (Lipinski definition) is 0. The van der Waals surface area contributed by atoms with Crippen LogP contribution in [0.4, 0.5) is 0 Å². The maximum absolute atomic E-state index is 12.9. The van der Waals surface area contributed by atoms with E-state index in [4.69, 9.17) is 4.98 Å². The Balaban J connectivity index is 2.04. The lowest BCUT2D eigenvalue weighted by Crippen LogP contribution is -2.39. The predicted molar refractivity (Wildman–Crippen MR) is 113 cm³/mol. The van der Waals surface area contributed by atoms with Crippen molar-refractivity contribution in [1.82, 2.24) is 23.6 Å². The average molecular weight is 390 g/mol. The first-order valence-corrected chi connectivity index (χ1v) is 10.9. The van der Waals surface area contributed by atoms with Gasteiger partial charge < -0.3 is 4.57 Å². The number of aryl methyl sites for hydroxylation is 2. The van der Waals surface area contributed by atoms with E-state index in [0.717, 1.165) is 44.7 Å². The van der Waals surface area contributed by atoms with Gasteiger partial charge in [-0.1, -0.05) is 39.5 Å². The second kappa shape index (κ2) is 9.07. The molecule has 2 aromatic rings. The molecule has 3 rings (SSSR count).